The Morgan fingerprint density at radius 2 is 2.35 bits per heavy atom. The van der Waals surface area contributed by atoms with Crippen LogP contribution in [-0.4, -0.2) is 43.3 Å². The third-order valence-corrected chi connectivity index (χ3v) is 3.69. The molecule has 17 heavy (non-hydrogen) atoms. The molecule has 0 radical (unpaired) electrons. The standard InChI is InChI=1S/C12H24N2O2S/c1-10(2)8-16-6-5-13-12(15)14-11-4-3-7-17-9-11/h10-11H,3-9H2,1-2H3,(H2,13,14,15). The fourth-order valence-electron chi connectivity index (χ4n) is 1.65. The Kier molecular flexibility index (Phi) is 7.44. The highest BCUT2D eigenvalue weighted by molar-refractivity contribution is 7.99. The molecule has 1 fully saturated rings. The molecule has 100 valence electrons. The number of hydrogen-bond acceptors (Lipinski definition) is 3. The Hall–Kier alpha value is -0.420. The van der Waals surface area contributed by atoms with Crippen LogP contribution < -0.4 is 10.6 Å². The molecule has 1 saturated heterocycles. The first kappa shape index (κ1) is 14.6. The first-order chi connectivity index (χ1) is 8.18. The molecule has 5 heteroatoms. The van der Waals surface area contributed by atoms with E-state index in [0.29, 0.717) is 25.1 Å². The number of hydrogen-bond donors (Lipinski definition) is 2. The molecular formula is C12H24N2O2S. The molecule has 0 aromatic rings. The maximum Gasteiger partial charge on any atom is 0.315 e. The molecule has 1 rings (SSSR count). The van der Waals surface area contributed by atoms with E-state index < -0.39 is 0 Å². The summed E-state index contributed by atoms with van der Waals surface area (Å²) >= 11 is 1.91. The first-order valence-corrected chi connectivity index (χ1v) is 7.54. The molecule has 0 saturated carbocycles. The van der Waals surface area contributed by atoms with E-state index >= 15 is 0 Å². The van der Waals surface area contributed by atoms with Crippen LogP contribution in [0.1, 0.15) is 26.7 Å². The predicted molar refractivity (Wildman–Crippen MR) is 72.5 cm³/mol. The summed E-state index contributed by atoms with van der Waals surface area (Å²) in [5.74, 6) is 2.81. The minimum absolute atomic E-state index is 0.0642. The van der Waals surface area contributed by atoms with Crippen molar-refractivity contribution >= 4 is 17.8 Å². The van der Waals surface area contributed by atoms with Gasteiger partial charge < -0.3 is 15.4 Å². The molecule has 0 aliphatic carbocycles. The molecule has 1 unspecified atom stereocenters. The van der Waals surface area contributed by atoms with Crippen LogP contribution in [0.5, 0.6) is 0 Å². The van der Waals surface area contributed by atoms with Crippen molar-refractivity contribution < 1.29 is 9.53 Å². The van der Waals surface area contributed by atoms with Crippen molar-refractivity contribution in [2.45, 2.75) is 32.7 Å². The average Bonchev–Trinajstić information content (AvgIpc) is 2.29. The lowest BCUT2D eigenvalue weighted by molar-refractivity contribution is 0.112. The summed E-state index contributed by atoms with van der Waals surface area (Å²) < 4.78 is 5.39. The van der Waals surface area contributed by atoms with E-state index in [1.54, 1.807) is 0 Å². The number of carbonyl (C=O) groups is 1. The molecule has 1 heterocycles. The smallest absolute Gasteiger partial charge is 0.315 e. The number of urea groups is 1. The van der Waals surface area contributed by atoms with Gasteiger partial charge in [-0.15, -0.1) is 0 Å². The predicted octanol–water partition coefficient (Wildman–Crippen LogP) is 1.85. The van der Waals surface area contributed by atoms with Crippen molar-refractivity contribution in [3.63, 3.8) is 0 Å². The SMILES string of the molecule is CC(C)COCCNC(=O)NC1CCCSC1. The molecule has 0 bridgehead atoms. The average molecular weight is 260 g/mol. The zero-order chi connectivity index (χ0) is 12.5. The van der Waals surface area contributed by atoms with E-state index in [1.165, 1.54) is 12.2 Å². The van der Waals surface area contributed by atoms with Gasteiger partial charge in [-0.1, -0.05) is 13.8 Å². The van der Waals surface area contributed by atoms with Gasteiger partial charge in [0.15, 0.2) is 0 Å². The van der Waals surface area contributed by atoms with Crippen molar-refractivity contribution in [1.29, 1.82) is 0 Å². The van der Waals surface area contributed by atoms with Crippen LogP contribution in [0.3, 0.4) is 0 Å². The van der Waals surface area contributed by atoms with Gasteiger partial charge in [-0.2, -0.15) is 11.8 Å². The third kappa shape index (κ3) is 7.49. The molecule has 0 spiro atoms. The maximum atomic E-state index is 11.5. The lowest BCUT2D eigenvalue weighted by Crippen LogP contribution is -2.45. The van der Waals surface area contributed by atoms with E-state index in [4.69, 9.17) is 4.74 Å². The van der Waals surface area contributed by atoms with Gasteiger partial charge in [-0.25, -0.2) is 4.79 Å². The van der Waals surface area contributed by atoms with Gasteiger partial charge in [0.1, 0.15) is 0 Å². The fourth-order valence-corrected chi connectivity index (χ4v) is 2.72. The molecule has 1 atom stereocenters. The maximum absolute atomic E-state index is 11.5. The van der Waals surface area contributed by atoms with Gasteiger partial charge in [0, 0.05) is 24.9 Å². The number of rotatable bonds is 6. The Labute approximate surface area is 108 Å². The molecule has 4 nitrogen and oxygen atoms in total. The van der Waals surface area contributed by atoms with Crippen molar-refractivity contribution in [1.82, 2.24) is 10.6 Å². The monoisotopic (exact) mass is 260 g/mol. The van der Waals surface area contributed by atoms with Crippen molar-refractivity contribution in [3.8, 4) is 0 Å². The van der Waals surface area contributed by atoms with E-state index in [-0.39, 0.29) is 6.03 Å². The number of amides is 2. The molecule has 0 aromatic heterocycles. The van der Waals surface area contributed by atoms with E-state index in [9.17, 15) is 4.79 Å². The quantitative estimate of drug-likeness (QED) is 0.717. The van der Waals surface area contributed by atoms with Gasteiger partial charge in [-0.05, 0) is 24.5 Å². The Morgan fingerprint density at radius 1 is 1.53 bits per heavy atom. The summed E-state index contributed by atoms with van der Waals surface area (Å²) in [5.41, 5.74) is 0. The van der Waals surface area contributed by atoms with E-state index in [1.807, 2.05) is 11.8 Å². The van der Waals surface area contributed by atoms with Crippen LogP contribution in [0.2, 0.25) is 0 Å². The summed E-state index contributed by atoms with van der Waals surface area (Å²) in [4.78, 5) is 11.5. The molecule has 2 N–H and O–H groups in total. The Bertz CT molecular complexity index is 219. The highest BCUT2D eigenvalue weighted by atomic mass is 32.2. The van der Waals surface area contributed by atoms with Gasteiger partial charge in [0.25, 0.3) is 0 Å². The molecule has 0 aromatic carbocycles. The minimum atomic E-state index is -0.0642. The van der Waals surface area contributed by atoms with Crippen LogP contribution in [0, 0.1) is 5.92 Å². The topological polar surface area (TPSA) is 50.4 Å². The number of ether oxygens (including phenoxy) is 1. The zero-order valence-corrected chi connectivity index (χ0v) is 11.6. The normalized spacial score (nSPS) is 20.3. The van der Waals surface area contributed by atoms with Crippen LogP contribution in [0.15, 0.2) is 0 Å². The van der Waals surface area contributed by atoms with Crippen LogP contribution in [0.4, 0.5) is 4.79 Å². The fraction of sp³-hybridized carbons (Fsp3) is 0.917. The van der Waals surface area contributed by atoms with Crippen molar-refractivity contribution in [2.24, 2.45) is 5.92 Å². The second-order valence-electron chi connectivity index (χ2n) is 4.78. The molecule has 1 aliphatic rings. The number of thioether (sulfide) groups is 1. The minimum Gasteiger partial charge on any atom is -0.379 e. The molecule has 2 amide bonds. The summed E-state index contributed by atoms with van der Waals surface area (Å²) in [7, 11) is 0. The summed E-state index contributed by atoms with van der Waals surface area (Å²) in [6.07, 6.45) is 2.30. The lowest BCUT2D eigenvalue weighted by atomic mass is 10.2. The summed E-state index contributed by atoms with van der Waals surface area (Å²) in [5, 5.41) is 5.81. The van der Waals surface area contributed by atoms with Crippen molar-refractivity contribution in [2.75, 3.05) is 31.3 Å². The van der Waals surface area contributed by atoms with Crippen LogP contribution in [0.25, 0.3) is 0 Å². The van der Waals surface area contributed by atoms with Gasteiger partial charge in [0.2, 0.25) is 0 Å². The van der Waals surface area contributed by atoms with Gasteiger partial charge in [0.05, 0.1) is 6.61 Å². The van der Waals surface area contributed by atoms with E-state index in [0.717, 1.165) is 18.8 Å². The van der Waals surface area contributed by atoms with Crippen LogP contribution >= 0.6 is 11.8 Å². The highest BCUT2D eigenvalue weighted by Gasteiger charge is 2.15. The second-order valence-corrected chi connectivity index (χ2v) is 5.93. The Morgan fingerprint density at radius 3 is 3.00 bits per heavy atom. The summed E-state index contributed by atoms with van der Waals surface area (Å²) in [6.45, 7) is 6.15. The van der Waals surface area contributed by atoms with Crippen molar-refractivity contribution in [3.05, 3.63) is 0 Å². The third-order valence-electron chi connectivity index (χ3n) is 2.48. The number of nitrogens with one attached hydrogen (secondary N) is 2. The van der Waals surface area contributed by atoms with Gasteiger partial charge in [-0.3, -0.25) is 0 Å². The van der Waals surface area contributed by atoms with Gasteiger partial charge >= 0.3 is 6.03 Å². The first-order valence-electron chi connectivity index (χ1n) is 6.38. The molecule has 1 aliphatic heterocycles. The number of carbonyl (C=O) groups excluding carboxylic acids is 1. The largest absolute Gasteiger partial charge is 0.379 e. The lowest BCUT2D eigenvalue weighted by Gasteiger charge is -2.22. The van der Waals surface area contributed by atoms with Crippen LogP contribution in [-0.2, 0) is 4.74 Å². The van der Waals surface area contributed by atoms with E-state index in [2.05, 4.69) is 24.5 Å². The second kappa shape index (κ2) is 8.64. The Balaban J connectivity index is 1.97. The summed E-state index contributed by atoms with van der Waals surface area (Å²) in [6, 6.07) is 0.274. The zero-order valence-electron chi connectivity index (χ0n) is 10.8. The molecular weight excluding hydrogens is 236 g/mol. The highest BCUT2D eigenvalue weighted by Crippen LogP contribution is 2.16.